The van der Waals surface area contributed by atoms with Crippen LogP contribution in [0.5, 0.6) is 0 Å². The number of sulfonamides is 1. The van der Waals surface area contributed by atoms with E-state index in [9.17, 15) is 8.42 Å². The summed E-state index contributed by atoms with van der Waals surface area (Å²) in [6.07, 6.45) is 0.221. The molecule has 0 saturated heterocycles. The van der Waals surface area contributed by atoms with Crippen molar-refractivity contribution in [2.24, 2.45) is 0 Å². The van der Waals surface area contributed by atoms with Gasteiger partial charge in [-0.25, -0.2) is 8.42 Å². The van der Waals surface area contributed by atoms with E-state index in [1.807, 2.05) is 6.07 Å². The van der Waals surface area contributed by atoms with E-state index in [1.165, 1.54) is 15.6 Å². The summed E-state index contributed by atoms with van der Waals surface area (Å²) in [4.78, 5) is 0. The van der Waals surface area contributed by atoms with Crippen molar-refractivity contribution in [2.45, 2.75) is 17.6 Å². The van der Waals surface area contributed by atoms with E-state index >= 15 is 0 Å². The first-order valence-corrected chi connectivity index (χ1v) is 6.85. The van der Waals surface area contributed by atoms with Gasteiger partial charge in [-0.1, -0.05) is 13.0 Å². The predicted molar refractivity (Wildman–Crippen MR) is 59.0 cm³/mol. The minimum Gasteiger partial charge on any atom is -0.206 e. The van der Waals surface area contributed by atoms with Crippen molar-refractivity contribution < 1.29 is 8.42 Å². The van der Waals surface area contributed by atoms with Gasteiger partial charge in [0.25, 0.3) is 10.0 Å². The fourth-order valence-electron chi connectivity index (χ4n) is 1.16. The summed E-state index contributed by atoms with van der Waals surface area (Å²) in [5.41, 5.74) is 0. The van der Waals surface area contributed by atoms with Crippen molar-refractivity contribution in [2.75, 3.05) is 13.1 Å². The molecule has 15 heavy (non-hydrogen) atoms. The molecular formula is C9H12N2O2S2. The summed E-state index contributed by atoms with van der Waals surface area (Å²) < 4.78 is 25.6. The summed E-state index contributed by atoms with van der Waals surface area (Å²) in [7, 11) is -3.38. The lowest BCUT2D eigenvalue weighted by molar-refractivity contribution is 0.436. The average Bonchev–Trinajstić information content (AvgIpc) is 2.72. The molecule has 1 aromatic heterocycles. The Kier molecular flexibility index (Phi) is 4.27. The molecule has 0 radical (unpaired) electrons. The van der Waals surface area contributed by atoms with E-state index in [0.29, 0.717) is 10.8 Å². The Morgan fingerprint density at radius 1 is 1.60 bits per heavy atom. The Balaban J connectivity index is 2.89. The maximum atomic E-state index is 12.0. The highest BCUT2D eigenvalue weighted by atomic mass is 32.2. The van der Waals surface area contributed by atoms with E-state index in [4.69, 9.17) is 5.26 Å². The Morgan fingerprint density at radius 3 is 2.80 bits per heavy atom. The van der Waals surface area contributed by atoms with Crippen molar-refractivity contribution >= 4 is 21.4 Å². The van der Waals surface area contributed by atoms with Crippen LogP contribution in [0, 0.1) is 11.3 Å². The number of hydrogen-bond acceptors (Lipinski definition) is 4. The van der Waals surface area contributed by atoms with Gasteiger partial charge in [0.2, 0.25) is 0 Å². The van der Waals surface area contributed by atoms with Crippen LogP contribution in [0.3, 0.4) is 0 Å². The molecule has 0 aromatic carbocycles. The van der Waals surface area contributed by atoms with Crippen LogP contribution in [0.2, 0.25) is 0 Å². The third-order valence-electron chi connectivity index (χ3n) is 1.91. The van der Waals surface area contributed by atoms with E-state index in [-0.39, 0.29) is 13.0 Å². The molecule has 0 amide bonds. The zero-order valence-corrected chi connectivity index (χ0v) is 10.0. The number of hydrogen-bond donors (Lipinski definition) is 0. The topological polar surface area (TPSA) is 61.2 Å². The first kappa shape index (κ1) is 12.2. The van der Waals surface area contributed by atoms with Gasteiger partial charge in [0, 0.05) is 19.5 Å². The first-order valence-electron chi connectivity index (χ1n) is 4.53. The van der Waals surface area contributed by atoms with Gasteiger partial charge in [-0.15, -0.1) is 11.3 Å². The van der Waals surface area contributed by atoms with Crippen molar-refractivity contribution in [3.05, 3.63) is 17.5 Å². The molecule has 0 unspecified atom stereocenters. The summed E-state index contributed by atoms with van der Waals surface area (Å²) in [5, 5.41) is 10.2. The molecule has 0 aliphatic carbocycles. The Hall–Kier alpha value is -0.900. The summed E-state index contributed by atoms with van der Waals surface area (Å²) >= 11 is 1.19. The number of nitriles is 1. The van der Waals surface area contributed by atoms with E-state index in [0.717, 1.165) is 0 Å². The fourth-order valence-corrected chi connectivity index (χ4v) is 3.75. The summed E-state index contributed by atoms with van der Waals surface area (Å²) in [6.45, 7) is 2.41. The molecule has 0 aliphatic rings. The van der Waals surface area contributed by atoms with Gasteiger partial charge in [0.05, 0.1) is 6.07 Å². The fraction of sp³-hybridized carbons (Fsp3) is 0.444. The van der Waals surface area contributed by atoms with Crippen LogP contribution in [0.4, 0.5) is 0 Å². The summed E-state index contributed by atoms with van der Waals surface area (Å²) in [5.74, 6) is 0. The molecule has 0 atom stereocenters. The van der Waals surface area contributed by atoms with Crippen molar-refractivity contribution in [1.29, 1.82) is 5.26 Å². The Morgan fingerprint density at radius 2 is 2.33 bits per heavy atom. The number of rotatable bonds is 5. The lowest BCUT2D eigenvalue weighted by atomic mass is 10.5. The van der Waals surface area contributed by atoms with Crippen LogP contribution in [-0.2, 0) is 10.0 Å². The van der Waals surface area contributed by atoms with Gasteiger partial charge in [0.1, 0.15) is 4.21 Å². The highest BCUT2D eigenvalue weighted by molar-refractivity contribution is 7.91. The number of nitrogens with zero attached hydrogens (tertiary/aromatic N) is 2. The summed E-state index contributed by atoms with van der Waals surface area (Å²) in [6, 6.07) is 5.23. The first-order chi connectivity index (χ1) is 7.12. The standard InChI is InChI=1S/C9H12N2O2S2/c1-2-11(7-4-6-10)15(12,13)9-5-3-8-14-9/h3,5,8H,2,4,7H2,1H3. The van der Waals surface area contributed by atoms with Crippen LogP contribution < -0.4 is 0 Å². The minimum absolute atomic E-state index is 0.221. The third kappa shape index (κ3) is 2.78. The Bertz CT molecular complexity index is 431. The zero-order chi connectivity index (χ0) is 11.3. The van der Waals surface area contributed by atoms with Crippen LogP contribution in [0.1, 0.15) is 13.3 Å². The van der Waals surface area contributed by atoms with Crippen LogP contribution >= 0.6 is 11.3 Å². The molecule has 0 bridgehead atoms. The van der Waals surface area contributed by atoms with Gasteiger partial charge >= 0.3 is 0 Å². The second-order valence-corrected chi connectivity index (χ2v) is 5.95. The molecule has 6 heteroatoms. The molecule has 0 spiro atoms. The van der Waals surface area contributed by atoms with Crippen LogP contribution in [-0.4, -0.2) is 25.8 Å². The number of thiophene rings is 1. The highest BCUT2D eigenvalue weighted by Crippen LogP contribution is 2.20. The van der Waals surface area contributed by atoms with Gasteiger partial charge in [-0.05, 0) is 11.4 Å². The third-order valence-corrected chi connectivity index (χ3v) is 5.26. The monoisotopic (exact) mass is 244 g/mol. The maximum absolute atomic E-state index is 12.0. The zero-order valence-electron chi connectivity index (χ0n) is 8.38. The van der Waals surface area contributed by atoms with Crippen molar-refractivity contribution in [1.82, 2.24) is 4.31 Å². The van der Waals surface area contributed by atoms with E-state index < -0.39 is 10.0 Å². The molecular weight excluding hydrogens is 232 g/mol. The predicted octanol–water partition coefficient (Wildman–Crippen LogP) is 1.67. The van der Waals surface area contributed by atoms with Crippen LogP contribution in [0.15, 0.2) is 21.7 Å². The molecule has 1 heterocycles. The lowest BCUT2D eigenvalue weighted by Crippen LogP contribution is -2.31. The van der Waals surface area contributed by atoms with Crippen molar-refractivity contribution in [3.8, 4) is 6.07 Å². The van der Waals surface area contributed by atoms with Gasteiger partial charge < -0.3 is 0 Å². The largest absolute Gasteiger partial charge is 0.252 e. The van der Waals surface area contributed by atoms with Gasteiger partial charge in [-0.3, -0.25) is 0 Å². The molecule has 0 saturated carbocycles. The van der Waals surface area contributed by atoms with Gasteiger partial charge in [-0.2, -0.15) is 9.57 Å². The van der Waals surface area contributed by atoms with Crippen LogP contribution in [0.25, 0.3) is 0 Å². The van der Waals surface area contributed by atoms with E-state index in [2.05, 4.69) is 0 Å². The van der Waals surface area contributed by atoms with Crippen molar-refractivity contribution in [3.63, 3.8) is 0 Å². The lowest BCUT2D eigenvalue weighted by Gasteiger charge is -2.17. The second kappa shape index (κ2) is 5.26. The maximum Gasteiger partial charge on any atom is 0.252 e. The molecule has 0 N–H and O–H groups in total. The van der Waals surface area contributed by atoms with Gasteiger partial charge in [0.15, 0.2) is 0 Å². The molecule has 1 aromatic rings. The molecule has 82 valence electrons. The minimum atomic E-state index is -3.38. The SMILES string of the molecule is CCN(CCC#N)S(=O)(=O)c1cccs1. The second-order valence-electron chi connectivity index (χ2n) is 2.84. The van der Waals surface area contributed by atoms with E-state index in [1.54, 1.807) is 24.4 Å². The molecule has 4 nitrogen and oxygen atoms in total. The molecule has 0 fully saturated rings. The Labute approximate surface area is 93.8 Å². The molecule has 0 aliphatic heterocycles. The smallest absolute Gasteiger partial charge is 0.206 e. The average molecular weight is 244 g/mol. The quantitative estimate of drug-likeness (QED) is 0.791. The normalized spacial score (nSPS) is 11.5. The molecule has 1 rings (SSSR count). The highest BCUT2D eigenvalue weighted by Gasteiger charge is 2.23.